The van der Waals surface area contributed by atoms with Gasteiger partial charge in [0.25, 0.3) is 0 Å². The highest BCUT2D eigenvalue weighted by Crippen LogP contribution is 2.35. The number of halogens is 1. The molecule has 4 rings (SSSR count). The van der Waals surface area contributed by atoms with Crippen molar-refractivity contribution in [3.63, 3.8) is 0 Å². The van der Waals surface area contributed by atoms with Gasteiger partial charge in [-0.2, -0.15) is 0 Å². The molecule has 0 aliphatic heterocycles. The van der Waals surface area contributed by atoms with Gasteiger partial charge >= 0.3 is 0 Å². The Hall–Kier alpha value is -3.47. The van der Waals surface area contributed by atoms with Crippen LogP contribution in [0.1, 0.15) is 0 Å². The largest absolute Gasteiger partial charge is 0.353 e. The average molecular weight is 331 g/mol. The van der Waals surface area contributed by atoms with Crippen molar-refractivity contribution >= 4 is 23.0 Å². The van der Waals surface area contributed by atoms with Crippen LogP contribution in [0.2, 0.25) is 0 Å². The topological polar surface area (TPSA) is 57.8 Å². The lowest BCUT2D eigenvalue weighted by Gasteiger charge is -2.06. The molecule has 0 saturated heterocycles. The molecule has 1 amide bonds. The number of anilines is 1. The van der Waals surface area contributed by atoms with E-state index < -0.39 is 0 Å². The number of nitrogens with one attached hydrogen (secondary N) is 2. The second kappa shape index (κ2) is 6.20. The zero-order chi connectivity index (χ0) is 17.2. The Balaban J connectivity index is 1.95. The third kappa shape index (κ3) is 2.76. The van der Waals surface area contributed by atoms with Crippen molar-refractivity contribution < 1.29 is 9.18 Å². The van der Waals surface area contributed by atoms with Crippen molar-refractivity contribution in [1.82, 2.24) is 9.97 Å². The highest BCUT2D eigenvalue weighted by molar-refractivity contribution is 6.05. The zero-order valence-electron chi connectivity index (χ0n) is 13.2. The second-order valence-electron chi connectivity index (χ2n) is 5.64. The Morgan fingerprint density at radius 2 is 1.88 bits per heavy atom. The Labute approximate surface area is 143 Å². The third-order valence-corrected chi connectivity index (χ3v) is 4.14. The quantitative estimate of drug-likeness (QED) is 0.537. The molecular formula is C20H14FN3O. The summed E-state index contributed by atoms with van der Waals surface area (Å²) >= 11 is 0. The number of amides is 1. The van der Waals surface area contributed by atoms with E-state index in [0.717, 1.165) is 33.3 Å². The highest BCUT2D eigenvalue weighted by atomic mass is 19.1. The molecule has 0 radical (unpaired) electrons. The third-order valence-electron chi connectivity index (χ3n) is 4.14. The van der Waals surface area contributed by atoms with E-state index in [-0.39, 0.29) is 5.82 Å². The number of rotatable bonds is 4. The van der Waals surface area contributed by atoms with Gasteiger partial charge in [0.05, 0.1) is 11.2 Å². The maximum absolute atomic E-state index is 13.2. The molecule has 0 aliphatic rings. The molecule has 2 N–H and O–H groups in total. The summed E-state index contributed by atoms with van der Waals surface area (Å²) in [7, 11) is 0. The molecular weight excluding hydrogens is 317 g/mol. The van der Waals surface area contributed by atoms with Crippen molar-refractivity contribution in [3.05, 3.63) is 72.8 Å². The number of hydrogen-bond donors (Lipinski definition) is 2. The predicted molar refractivity (Wildman–Crippen MR) is 96.6 cm³/mol. The fourth-order valence-corrected chi connectivity index (χ4v) is 2.96. The fourth-order valence-electron chi connectivity index (χ4n) is 2.96. The van der Waals surface area contributed by atoms with Crippen molar-refractivity contribution in [2.75, 3.05) is 5.32 Å². The fraction of sp³-hybridized carbons (Fsp3) is 0. The van der Waals surface area contributed by atoms with Gasteiger partial charge in [0, 0.05) is 29.0 Å². The molecule has 0 aliphatic carbocycles. The van der Waals surface area contributed by atoms with Crippen LogP contribution in [0.25, 0.3) is 33.3 Å². The van der Waals surface area contributed by atoms with Crippen LogP contribution < -0.4 is 5.32 Å². The average Bonchev–Trinajstić information content (AvgIpc) is 3.09. The number of aromatic amines is 1. The van der Waals surface area contributed by atoms with Crippen molar-refractivity contribution in [1.29, 1.82) is 0 Å². The van der Waals surface area contributed by atoms with Crippen molar-refractivity contribution in [3.8, 4) is 22.4 Å². The van der Waals surface area contributed by atoms with Crippen LogP contribution in [0.15, 0.2) is 67.0 Å². The summed E-state index contributed by atoms with van der Waals surface area (Å²) in [4.78, 5) is 18.4. The van der Waals surface area contributed by atoms with Crippen LogP contribution in [0.5, 0.6) is 0 Å². The molecule has 25 heavy (non-hydrogen) atoms. The van der Waals surface area contributed by atoms with Gasteiger partial charge in [-0.3, -0.25) is 9.78 Å². The van der Waals surface area contributed by atoms with E-state index in [4.69, 9.17) is 0 Å². The summed E-state index contributed by atoms with van der Waals surface area (Å²) in [6.07, 6.45) is 4.17. The summed E-state index contributed by atoms with van der Waals surface area (Å²) in [6.45, 7) is 0. The number of aromatic nitrogens is 2. The molecule has 2 heterocycles. The smallest absolute Gasteiger partial charge is 0.211 e. The number of hydrogen-bond acceptors (Lipinski definition) is 2. The van der Waals surface area contributed by atoms with E-state index in [1.54, 1.807) is 24.5 Å². The predicted octanol–water partition coefficient (Wildman–Crippen LogP) is 4.60. The number of benzene rings is 2. The number of pyridine rings is 1. The lowest BCUT2D eigenvalue weighted by molar-refractivity contribution is -0.105. The summed E-state index contributed by atoms with van der Waals surface area (Å²) in [5.41, 5.74) is 5.20. The van der Waals surface area contributed by atoms with E-state index >= 15 is 0 Å². The summed E-state index contributed by atoms with van der Waals surface area (Å²) in [5, 5.41) is 3.67. The maximum Gasteiger partial charge on any atom is 0.211 e. The normalized spacial score (nSPS) is 10.8. The first-order chi connectivity index (χ1) is 12.3. The zero-order valence-corrected chi connectivity index (χ0v) is 13.2. The van der Waals surface area contributed by atoms with E-state index in [9.17, 15) is 9.18 Å². The van der Waals surface area contributed by atoms with E-state index in [1.165, 1.54) is 12.1 Å². The first kappa shape index (κ1) is 15.1. The molecule has 0 unspecified atom stereocenters. The lowest BCUT2D eigenvalue weighted by Crippen LogP contribution is -1.95. The Morgan fingerprint density at radius 3 is 2.60 bits per heavy atom. The molecule has 0 bridgehead atoms. The minimum absolute atomic E-state index is 0.278. The van der Waals surface area contributed by atoms with Gasteiger partial charge in [0.15, 0.2) is 0 Å². The second-order valence-corrected chi connectivity index (χ2v) is 5.64. The molecule has 0 atom stereocenters. The Kier molecular flexibility index (Phi) is 3.74. The molecule has 4 aromatic rings. The molecule has 0 saturated carbocycles. The van der Waals surface area contributed by atoms with Crippen LogP contribution in [0, 0.1) is 5.82 Å². The summed E-state index contributed by atoms with van der Waals surface area (Å²) in [6, 6.07) is 16.0. The van der Waals surface area contributed by atoms with E-state index in [2.05, 4.69) is 15.3 Å². The molecule has 0 spiro atoms. The summed E-state index contributed by atoms with van der Waals surface area (Å²) in [5.74, 6) is -0.278. The molecule has 4 nitrogen and oxygen atoms in total. The Morgan fingerprint density at radius 1 is 1.04 bits per heavy atom. The van der Waals surface area contributed by atoms with E-state index in [1.807, 2.05) is 30.3 Å². The summed E-state index contributed by atoms with van der Waals surface area (Å²) < 4.78 is 13.2. The van der Waals surface area contributed by atoms with Gasteiger partial charge in [-0.1, -0.05) is 12.1 Å². The maximum atomic E-state index is 13.2. The monoisotopic (exact) mass is 331 g/mol. The lowest BCUT2D eigenvalue weighted by atomic mass is 10.0. The van der Waals surface area contributed by atoms with Gasteiger partial charge in [0.2, 0.25) is 6.41 Å². The first-order valence-electron chi connectivity index (χ1n) is 7.78. The van der Waals surface area contributed by atoms with Crippen LogP contribution >= 0.6 is 0 Å². The van der Waals surface area contributed by atoms with Gasteiger partial charge in [0.1, 0.15) is 5.82 Å². The SMILES string of the molecule is O=CNc1ccc(-c2cccnc2)c2cc(-c3ccc(F)cc3)[nH]c12. The van der Waals surface area contributed by atoms with Gasteiger partial charge in [-0.05, 0) is 53.6 Å². The van der Waals surface area contributed by atoms with Crippen LogP contribution in [0.3, 0.4) is 0 Å². The van der Waals surface area contributed by atoms with Gasteiger partial charge in [-0.15, -0.1) is 0 Å². The number of carbonyl (C=O) groups excluding carboxylic acids is 1. The molecule has 0 fully saturated rings. The minimum atomic E-state index is -0.278. The van der Waals surface area contributed by atoms with Crippen LogP contribution in [-0.2, 0) is 4.79 Å². The molecule has 2 aromatic carbocycles. The number of fused-ring (bicyclic) bond motifs is 1. The number of carbonyl (C=O) groups is 1. The molecule has 2 aromatic heterocycles. The molecule has 122 valence electrons. The molecule has 5 heteroatoms. The van der Waals surface area contributed by atoms with Gasteiger partial charge in [-0.25, -0.2) is 4.39 Å². The van der Waals surface area contributed by atoms with E-state index in [0.29, 0.717) is 12.1 Å². The number of H-pyrrole nitrogens is 1. The Bertz CT molecular complexity index is 1040. The van der Waals surface area contributed by atoms with Crippen LogP contribution in [-0.4, -0.2) is 16.4 Å². The van der Waals surface area contributed by atoms with Gasteiger partial charge < -0.3 is 10.3 Å². The highest BCUT2D eigenvalue weighted by Gasteiger charge is 2.12. The number of nitrogens with zero attached hydrogens (tertiary/aromatic N) is 1. The minimum Gasteiger partial charge on any atom is -0.353 e. The van der Waals surface area contributed by atoms with Crippen molar-refractivity contribution in [2.24, 2.45) is 0 Å². The van der Waals surface area contributed by atoms with Crippen LogP contribution in [0.4, 0.5) is 10.1 Å². The first-order valence-corrected chi connectivity index (χ1v) is 7.78. The van der Waals surface area contributed by atoms with Crippen molar-refractivity contribution in [2.45, 2.75) is 0 Å². The standard InChI is InChI=1S/C20H14FN3O/c21-15-5-3-13(4-6-15)19-10-17-16(14-2-1-9-22-11-14)7-8-18(23-12-25)20(17)24-19/h1-12,24H,(H,23,25).